The third-order valence-corrected chi connectivity index (χ3v) is 5.49. The Morgan fingerprint density at radius 2 is 2.11 bits per heavy atom. The average Bonchev–Trinajstić information content (AvgIpc) is 2.71. The van der Waals surface area contributed by atoms with Gasteiger partial charge < -0.3 is 9.67 Å². The molecule has 2 heterocycles. The molecular formula is C11H19N3O3S. The molecule has 0 aromatic carbocycles. The average molecular weight is 273 g/mol. The molecule has 0 saturated carbocycles. The number of aliphatic hydroxyl groups is 1. The smallest absolute Gasteiger partial charge is 0.160 e. The Balaban J connectivity index is 2.47. The molecule has 18 heavy (non-hydrogen) atoms. The third-order valence-electron chi connectivity index (χ3n) is 3.32. The van der Waals surface area contributed by atoms with Crippen molar-refractivity contribution >= 4 is 9.84 Å². The summed E-state index contributed by atoms with van der Waals surface area (Å²) in [5.41, 5.74) is 0. The molecule has 1 fully saturated rings. The first-order valence-corrected chi connectivity index (χ1v) is 7.95. The lowest BCUT2D eigenvalue weighted by Gasteiger charge is -2.23. The summed E-state index contributed by atoms with van der Waals surface area (Å²) < 4.78 is 26.0. The van der Waals surface area contributed by atoms with Crippen molar-refractivity contribution in [2.24, 2.45) is 0 Å². The highest BCUT2D eigenvalue weighted by Crippen LogP contribution is 2.33. The zero-order valence-corrected chi connectivity index (χ0v) is 11.5. The fraction of sp³-hybridized carbons (Fsp3) is 0.818. The van der Waals surface area contributed by atoms with Crippen LogP contribution in [0.25, 0.3) is 0 Å². The van der Waals surface area contributed by atoms with E-state index in [1.807, 2.05) is 13.8 Å². The van der Waals surface area contributed by atoms with Gasteiger partial charge in [0.05, 0.1) is 5.75 Å². The highest BCUT2D eigenvalue weighted by molar-refractivity contribution is 7.91. The number of rotatable bonds is 3. The molecule has 1 aromatic rings. The van der Waals surface area contributed by atoms with E-state index in [2.05, 4.69) is 10.2 Å². The summed E-state index contributed by atoms with van der Waals surface area (Å²) in [6.07, 6.45) is 2.21. The Morgan fingerprint density at radius 1 is 1.39 bits per heavy atom. The van der Waals surface area contributed by atoms with E-state index in [0.29, 0.717) is 18.1 Å². The molecule has 2 rings (SSSR count). The monoisotopic (exact) mass is 273 g/mol. The summed E-state index contributed by atoms with van der Waals surface area (Å²) in [5.74, 6) is 1.13. The summed E-state index contributed by atoms with van der Waals surface area (Å²) in [4.78, 5) is 0. The van der Waals surface area contributed by atoms with Crippen LogP contribution in [-0.4, -0.2) is 34.0 Å². The van der Waals surface area contributed by atoms with Crippen molar-refractivity contribution in [3.63, 3.8) is 0 Å². The van der Waals surface area contributed by atoms with Crippen LogP contribution in [0.5, 0.6) is 0 Å². The highest BCUT2D eigenvalue weighted by atomic mass is 32.2. The Bertz CT molecular complexity index is 522. The zero-order valence-electron chi connectivity index (χ0n) is 10.7. The minimum Gasteiger partial charge on any atom is -0.388 e. The van der Waals surface area contributed by atoms with E-state index < -0.39 is 15.1 Å². The van der Waals surface area contributed by atoms with E-state index >= 15 is 0 Å². The minimum atomic E-state index is -3.13. The summed E-state index contributed by atoms with van der Waals surface area (Å²) in [6, 6.07) is 0.0364. The van der Waals surface area contributed by atoms with Crippen molar-refractivity contribution in [2.45, 2.75) is 51.0 Å². The Hall–Kier alpha value is -0.950. The molecule has 1 atom stereocenters. The first kappa shape index (κ1) is 13.5. The highest BCUT2D eigenvalue weighted by Gasteiger charge is 2.35. The topological polar surface area (TPSA) is 85.1 Å². The predicted molar refractivity (Wildman–Crippen MR) is 66.7 cm³/mol. The standard InChI is InChI=1S/C11H19N3O3S/c1-8(2)14-10(7-15)12-13-11(14)9-5-3-4-6-18(9,16)17/h8-9,15H,3-7H2,1-2H3. The molecule has 0 spiro atoms. The molecule has 0 radical (unpaired) electrons. The van der Waals surface area contributed by atoms with Crippen molar-refractivity contribution < 1.29 is 13.5 Å². The van der Waals surface area contributed by atoms with E-state index in [1.165, 1.54) is 0 Å². The SMILES string of the molecule is CC(C)n1c(CO)nnc1C1CCCCS1(=O)=O. The van der Waals surface area contributed by atoms with Crippen LogP contribution in [0.4, 0.5) is 0 Å². The van der Waals surface area contributed by atoms with E-state index in [1.54, 1.807) is 4.57 Å². The third kappa shape index (κ3) is 2.29. The molecule has 1 saturated heterocycles. The molecule has 102 valence electrons. The van der Waals surface area contributed by atoms with Gasteiger partial charge in [-0.25, -0.2) is 8.42 Å². The van der Waals surface area contributed by atoms with Gasteiger partial charge in [-0.1, -0.05) is 6.42 Å². The normalized spacial score (nSPS) is 23.4. The van der Waals surface area contributed by atoms with Crippen LogP contribution in [0.3, 0.4) is 0 Å². The number of sulfone groups is 1. The van der Waals surface area contributed by atoms with Crippen LogP contribution < -0.4 is 0 Å². The maximum atomic E-state index is 12.1. The van der Waals surface area contributed by atoms with Gasteiger partial charge in [-0.3, -0.25) is 0 Å². The summed E-state index contributed by atoms with van der Waals surface area (Å²) in [7, 11) is -3.13. The van der Waals surface area contributed by atoms with E-state index in [4.69, 9.17) is 0 Å². The molecule has 1 aliphatic heterocycles. The number of aliphatic hydroxyl groups excluding tert-OH is 1. The quantitative estimate of drug-likeness (QED) is 0.887. The predicted octanol–water partition coefficient (Wildman–Crippen LogP) is 0.991. The number of aromatic nitrogens is 3. The molecule has 1 aromatic heterocycles. The maximum Gasteiger partial charge on any atom is 0.160 e. The van der Waals surface area contributed by atoms with Gasteiger partial charge in [-0.2, -0.15) is 0 Å². The molecule has 7 heteroatoms. The zero-order chi connectivity index (χ0) is 13.3. The van der Waals surface area contributed by atoms with Crippen molar-refractivity contribution in [1.29, 1.82) is 0 Å². The van der Waals surface area contributed by atoms with Crippen LogP contribution in [0.1, 0.15) is 56.1 Å². The van der Waals surface area contributed by atoms with Gasteiger partial charge in [0.1, 0.15) is 11.9 Å². The van der Waals surface area contributed by atoms with Crippen LogP contribution >= 0.6 is 0 Å². The van der Waals surface area contributed by atoms with Gasteiger partial charge in [0.2, 0.25) is 0 Å². The second-order valence-electron chi connectivity index (χ2n) is 4.95. The van der Waals surface area contributed by atoms with Gasteiger partial charge in [0, 0.05) is 6.04 Å². The molecule has 1 N–H and O–H groups in total. The Kier molecular flexibility index (Phi) is 3.72. The lowest BCUT2D eigenvalue weighted by atomic mass is 10.1. The molecule has 6 nitrogen and oxygen atoms in total. The summed E-state index contributed by atoms with van der Waals surface area (Å²) in [5, 5.41) is 16.6. The van der Waals surface area contributed by atoms with Crippen molar-refractivity contribution in [2.75, 3.05) is 5.75 Å². The number of nitrogens with zero attached hydrogens (tertiary/aromatic N) is 3. The van der Waals surface area contributed by atoms with Crippen LogP contribution in [0.2, 0.25) is 0 Å². The molecule has 1 aliphatic rings. The molecule has 0 bridgehead atoms. The Labute approximate surface area is 107 Å². The molecule has 1 unspecified atom stereocenters. The first-order chi connectivity index (χ1) is 8.47. The van der Waals surface area contributed by atoms with Crippen molar-refractivity contribution in [3.8, 4) is 0 Å². The fourth-order valence-electron chi connectivity index (χ4n) is 2.47. The molecular weight excluding hydrogens is 254 g/mol. The van der Waals surface area contributed by atoms with Crippen LogP contribution in [0.15, 0.2) is 0 Å². The lowest BCUT2D eigenvalue weighted by Crippen LogP contribution is -2.25. The van der Waals surface area contributed by atoms with Gasteiger partial charge in [-0.15, -0.1) is 10.2 Å². The van der Waals surface area contributed by atoms with Gasteiger partial charge in [-0.05, 0) is 26.7 Å². The molecule has 0 amide bonds. The van der Waals surface area contributed by atoms with Crippen molar-refractivity contribution in [3.05, 3.63) is 11.6 Å². The number of hydrogen-bond donors (Lipinski definition) is 1. The van der Waals surface area contributed by atoms with Crippen molar-refractivity contribution in [1.82, 2.24) is 14.8 Å². The minimum absolute atomic E-state index is 0.0364. The van der Waals surface area contributed by atoms with Crippen LogP contribution in [0, 0.1) is 0 Å². The lowest BCUT2D eigenvalue weighted by molar-refractivity contribution is 0.261. The fourth-order valence-corrected chi connectivity index (χ4v) is 4.37. The summed E-state index contributed by atoms with van der Waals surface area (Å²) >= 11 is 0. The number of hydrogen-bond acceptors (Lipinski definition) is 5. The van der Waals surface area contributed by atoms with Gasteiger partial charge >= 0.3 is 0 Å². The largest absolute Gasteiger partial charge is 0.388 e. The van der Waals surface area contributed by atoms with E-state index in [9.17, 15) is 13.5 Å². The van der Waals surface area contributed by atoms with Crippen LogP contribution in [-0.2, 0) is 16.4 Å². The second kappa shape index (κ2) is 4.97. The van der Waals surface area contributed by atoms with E-state index in [0.717, 1.165) is 12.8 Å². The maximum absolute atomic E-state index is 12.1. The summed E-state index contributed by atoms with van der Waals surface area (Å²) in [6.45, 7) is 3.64. The van der Waals surface area contributed by atoms with E-state index in [-0.39, 0.29) is 18.4 Å². The second-order valence-corrected chi connectivity index (χ2v) is 7.25. The Morgan fingerprint density at radius 3 is 2.67 bits per heavy atom. The van der Waals surface area contributed by atoms with Gasteiger partial charge in [0.25, 0.3) is 0 Å². The first-order valence-electron chi connectivity index (χ1n) is 6.23. The van der Waals surface area contributed by atoms with Gasteiger partial charge in [0.15, 0.2) is 21.5 Å². The molecule has 0 aliphatic carbocycles.